The summed E-state index contributed by atoms with van der Waals surface area (Å²) in [5, 5.41) is 0. The molecule has 0 N–H and O–H groups in total. The third-order valence-electron chi connectivity index (χ3n) is 2.84. The summed E-state index contributed by atoms with van der Waals surface area (Å²) in [7, 11) is 2.13. The van der Waals surface area contributed by atoms with E-state index in [1.165, 1.54) is 6.42 Å². The van der Waals surface area contributed by atoms with Crippen LogP contribution in [0.5, 0.6) is 0 Å². The molecule has 4 nitrogen and oxygen atoms in total. The lowest BCUT2D eigenvalue weighted by Gasteiger charge is -2.07. The Morgan fingerprint density at radius 1 is 1.73 bits per heavy atom. The van der Waals surface area contributed by atoms with Crippen molar-refractivity contribution in [3.05, 3.63) is 17.8 Å². The summed E-state index contributed by atoms with van der Waals surface area (Å²) in [6.07, 6.45) is 4.90. The number of likely N-dealkylation sites (tertiary alicyclic amines) is 1. The first-order valence-electron chi connectivity index (χ1n) is 5.33. The number of hydrogen-bond acceptors (Lipinski definition) is 4. The molecular formula is C11H16N2O2. The van der Waals surface area contributed by atoms with Crippen molar-refractivity contribution in [3.63, 3.8) is 0 Å². The third kappa shape index (κ3) is 2.65. The van der Waals surface area contributed by atoms with Crippen molar-refractivity contribution in [3.8, 4) is 0 Å². The quantitative estimate of drug-likeness (QED) is 0.690. The number of hydrogen-bond donors (Lipinski definition) is 0. The summed E-state index contributed by atoms with van der Waals surface area (Å²) < 4.78 is 5.33. The van der Waals surface area contributed by atoms with E-state index in [1.807, 2.05) is 0 Å². The van der Waals surface area contributed by atoms with Gasteiger partial charge in [0.15, 0.2) is 5.89 Å². The van der Waals surface area contributed by atoms with Crippen molar-refractivity contribution in [2.24, 2.45) is 5.92 Å². The van der Waals surface area contributed by atoms with Crippen LogP contribution in [0.1, 0.15) is 18.0 Å². The molecule has 2 rings (SSSR count). The smallest absolute Gasteiger partial charge is 0.194 e. The summed E-state index contributed by atoms with van der Waals surface area (Å²) in [4.78, 5) is 16.9. The summed E-state index contributed by atoms with van der Waals surface area (Å²) in [6.45, 7) is 2.28. The lowest BCUT2D eigenvalue weighted by Crippen LogP contribution is -2.15. The predicted molar refractivity (Wildman–Crippen MR) is 55.6 cm³/mol. The zero-order valence-corrected chi connectivity index (χ0v) is 8.98. The molecule has 0 radical (unpaired) electrons. The number of oxazole rings is 1. The third-order valence-corrected chi connectivity index (χ3v) is 2.84. The van der Waals surface area contributed by atoms with Crippen LogP contribution in [-0.2, 0) is 17.6 Å². The van der Waals surface area contributed by atoms with E-state index in [2.05, 4.69) is 16.9 Å². The zero-order chi connectivity index (χ0) is 10.7. The maximum absolute atomic E-state index is 10.3. The first kappa shape index (κ1) is 10.4. The monoisotopic (exact) mass is 208 g/mol. The van der Waals surface area contributed by atoms with Gasteiger partial charge >= 0.3 is 0 Å². The van der Waals surface area contributed by atoms with Gasteiger partial charge in [-0.2, -0.15) is 0 Å². The van der Waals surface area contributed by atoms with E-state index in [9.17, 15) is 4.79 Å². The fourth-order valence-corrected chi connectivity index (χ4v) is 2.06. The van der Waals surface area contributed by atoms with Crippen LogP contribution < -0.4 is 0 Å². The van der Waals surface area contributed by atoms with Crippen LogP contribution >= 0.6 is 0 Å². The van der Waals surface area contributed by atoms with Gasteiger partial charge in [0.1, 0.15) is 12.5 Å². The van der Waals surface area contributed by atoms with Crippen LogP contribution in [0.2, 0.25) is 0 Å². The SMILES string of the molecule is CN1CCC(Cc2nc(CC=O)co2)C1. The molecule has 2 heterocycles. The van der Waals surface area contributed by atoms with Gasteiger partial charge in [-0.05, 0) is 25.9 Å². The van der Waals surface area contributed by atoms with Gasteiger partial charge in [-0.3, -0.25) is 0 Å². The molecule has 0 amide bonds. The Bertz CT molecular complexity index is 335. The highest BCUT2D eigenvalue weighted by Gasteiger charge is 2.21. The highest BCUT2D eigenvalue weighted by Crippen LogP contribution is 2.19. The molecule has 1 aromatic rings. The Morgan fingerprint density at radius 3 is 3.27 bits per heavy atom. The van der Waals surface area contributed by atoms with Crippen LogP contribution in [0.4, 0.5) is 0 Å². The van der Waals surface area contributed by atoms with Gasteiger partial charge in [0.25, 0.3) is 0 Å². The normalized spacial score (nSPS) is 22.1. The van der Waals surface area contributed by atoms with Crippen molar-refractivity contribution < 1.29 is 9.21 Å². The van der Waals surface area contributed by atoms with Crippen LogP contribution in [-0.4, -0.2) is 36.3 Å². The number of aldehydes is 1. The maximum Gasteiger partial charge on any atom is 0.194 e. The van der Waals surface area contributed by atoms with Crippen molar-refractivity contribution in [2.75, 3.05) is 20.1 Å². The highest BCUT2D eigenvalue weighted by atomic mass is 16.3. The first-order valence-corrected chi connectivity index (χ1v) is 5.33. The minimum Gasteiger partial charge on any atom is -0.449 e. The number of carbonyl (C=O) groups excluding carboxylic acids is 1. The zero-order valence-electron chi connectivity index (χ0n) is 8.98. The van der Waals surface area contributed by atoms with Gasteiger partial charge in [-0.25, -0.2) is 4.98 Å². The summed E-state index contributed by atoms with van der Waals surface area (Å²) >= 11 is 0. The molecule has 0 bridgehead atoms. The second-order valence-corrected chi connectivity index (χ2v) is 4.22. The Hall–Kier alpha value is -1.16. The van der Waals surface area contributed by atoms with E-state index < -0.39 is 0 Å². The molecule has 82 valence electrons. The molecule has 0 saturated carbocycles. The van der Waals surface area contributed by atoms with Crippen molar-refractivity contribution in [2.45, 2.75) is 19.3 Å². The van der Waals surface area contributed by atoms with Gasteiger partial charge in [0.2, 0.25) is 0 Å². The van der Waals surface area contributed by atoms with Gasteiger partial charge in [-0.15, -0.1) is 0 Å². The molecule has 0 aromatic carbocycles. The van der Waals surface area contributed by atoms with Gasteiger partial charge in [0.05, 0.1) is 5.69 Å². The number of carbonyl (C=O) groups is 1. The van der Waals surface area contributed by atoms with Crippen molar-refractivity contribution in [1.82, 2.24) is 9.88 Å². The highest BCUT2D eigenvalue weighted by molar-refractivity contribution is 5.53. The topological polar surface area (TPSA) is 46.3 Å². The average molecular weight is 208 g/mol. The molecular weight excluding hydrogens is 192 g/mol. The fourth-order valence-electron chi connectivity index (χ4n) is 2.06. The largest absolute Gasteiger partial charge is 0.449 e. The van der Waals surface area contributed by atoms with Crippen LogP contribution in [0.3, 0.4) is 0 Å². The summed E-state index contributed by atoms with van der Waals surface area (Å²) in [5.74, 6) is 1.42. The Labute approximate surface area is 89.3 Å². The van der Waals surface area contributed by atoms with Crippen LogP contribution in [0, 0.1) is 5.92 Å². The molecule has 1 aliphatic heterocycles. The average Bonchev–Trinajstić information content (AvgIpc) is 2.78. The molecule has 1 atom stereocenters. The fraction of sp³-hybridized carbons (Fsp3) is 0.636. The number of rotatable bonds is 4. The van der Waals surface area contributed by atoms with E-state index >= 15 is 0 Å². The Morgan fingerprint density at radius 2 is 2.60 bits per heavy atom. The van der Waals surface area contributed by atoms with Gasteiger partial charge < -0.3 is 14.1 Å². The molecule has 1 unspecified atom stereocenters. The molecule has 1 saturated heterocycles. The second-order valence-electron chi connectivity index (χ2n) is 4.22. The van der Waals surface area contributed by atoms with E-state index in [0.717, 1.165) is 37.4 Å². The minimum atomic E-state index is 0.355. The van der Waals surface area contributed by atoms with E-state index in [4.69, 9.17) is 4.42 Å². The van der Waals surface area contributed by atoms with Gasteiger partial charge in [0, 0.05) is 19.4 Å². The van der Waals surface area contributed by atoms with Gasteiger partial charge in [-0.1, -0.05) is 0 Å². The lowest BCUT2D eigenvalue weighted by molar-refractivity contribution is -0.107. The van der Waals surface area contributed by atoms with Crippen LogP contribution in [0.15, 0.2) is 10.7 Å². The van der Waals surface area contributed by atoms with E-state index in [1.54, 1.807) is 6.26 Å². The van der Waals surface area contributed by atoms with E-state index in [0.29, 0.717) is 12.3 Å². The summed E-state index contributed by atoms with van der Waals surface area (Å²) in [5.41, 5.74) is 0.742. The molecule has 1 aromatic heterocycles. The maximum atomic E-state index is 10.3. The Balaban J connectivity index is 1.90. The minimum absolute atomic E-state index is 0.355. The molecule has 1 aliphatic rings. The molecule has 1 fully saturated rings. The van der Waals surface area contributed by atoms with E-state index in [-0.39, 0.29) is 0 Å². The number of aromatic nitrogens is 1. The van der Waals surface area contributed by atoms with Crippen molar-refractivity contribution >= 4 is 6.29 Å². The summed E-state index contributed by atoms with van der Waals surface area (Å²) in [6, 6.07) is 0. The molecule has 4 heteroatoms. The molecule has 15 heavy (non-hydrogen) atoms. The molecule has 0 aliphatic carbocycles. The standard InChI is InChI=1S/C11H16N2O2/c1-13-4-2-9(7-13)6-11-12-10(3-5-14)8-15-11/h5,8-9H,2-4,6-7H2,1H3. The lowest BCUT2D eigenvalue weighted by atomic mass is 10.1. The number of nitrogens with zero attached hydrogens (tertiary/aromatic N) is 2. The predicted octanol–water partition coefficient (Wildman–Crippen LogP) is 0.910. The molecule has 0 spiro atoms. The second kappa shape index (κ2) is 4.57. The Kier molecular flexibility index (Phi) is 3.16. The van der Waals surface area contributed by atoms with Crippen molar-refractivity contribution in [1.29, 1.82) is 0 Å². The first-order chi connectivity index (χ1) is 7.28. The van der Waals surface area contributed by atoms with Crippen LogP contribution in [0.25, 0.3) is 0 Å².